The fourth-order valence-corrected chi connectivity index (χ4v) is 3.05. The van der Waals surface area contributed by atoms with E-state index < -0.39 is 11.9 Å². The van der Waals surface area contributed by atoms with Crippen LogP contribution in [-0.2, 0) is 4.79 Å². The van der Waals surface area contributed by atoms with Crippen LogP contribution in [0.2, 0.25) is 0 Å². The third kappa shape index (κ3) is 2.44. The molecule has 0 aliphatic carbocycles. The van der Waals surface area contributed by atoms with Gasteiger partial charge in [0.05, 0.1) is 5.92 Å². The van der Waals surface area contributed by atoms with Crippen molar-refractivity contribution in [2.75, 3.05) is 13.1 Å². The van der Waals surface area contributed by atoms with Crippen LogP contribution < -0.4 is 0 Å². The van der Waals surface area contributed by atoms with E-state index in [0.29, 0.717) is 24.3 Å². The molecule has 0 bridgehead atoms. The molecule has 2 aromatic rings. The molecule has 3 rings (SSSR count). The largest absolute Gasteiger partial charge is 0.481 e. The van der Waals surface area contributed by atoms with Gasteiger partial charge in [0.1, 0.15) is 5.58 Å². The van der Waals surface area contributed by atoms with Gasteiger partial charge in [-0.3, -0.25) is 9.59 Å². The van der Waals surface area contributed by atoms with E-state index in [4.69, 9.17) is 9.52 Å². The van der Waals surface area contributed by atoms with Gasteiger partial charge < -0.3 is 14.4 Å². The fourth-order valence-electron chi connectivity index (χ4n) is 2.69. The number of fused-ring (bicyclic) bond motifs is 1. The lowest BCUT2D eigenvalue weighted by Gasteiger charge is -2.14. The minimum Gasteiger partial charge on any atom is -0.481 e. The predicted octanol–water partition coefficient (Wildman–Crippen LogP) is 3.05. The first kappa shape index (κ1) is 14.1. The first-order valence-corrected chi connectivity index (χ1v) is 7.47. The zero-order chi connectivity index (χ0) is 15.1. The highest BCUT2D eigenvalue weighted by atomic mass is 79.9. The molecule has 1 fully saturated rings. The summed E-state index contributed by atoms with van der Waals surface area (Å²) in [6.45, 7) is 2.54. The molecule has 0 spiro atoms. The highest BCUT2D eigenvalue weighted by Gasteiger charge is 2.33. The maximum Gasteiger partial charge on any atom is 0.308 e. The summed E-state index contributed by atoms with van der Waals surface area (Å²) in [6.07, 6.45) is 0.492. The van der Waals surface area contributed by atoms with Crippen molar-refractivity contribution in [1.82, 2.24) is 4.90 Å². The van der Waals surface area contributed by atoms with Gasteiger partial charge in [0.15, 0.2) is 5.76 Å². The predicted molar refractivity (Wildman–Crippen MR) is 80.3 cm³/mol. The van der Waals surface area contributed by atoms with Gasteiger partial charge in [-0.25, -0.2) is 0 Å². The minimum atomic E-state index is -0.851. The van der Waals surface area contributed by atoms with Gasteiger partial charge in [0.2, 0.25) is 0 Å². The molecule has 5 nitrogen and oxygen atoms in total. The van der Waals surface area contributed by atoms with Gasteiger partial charge in [0.25, 0.3) is 5.91 Å². The number of carboxylic acids is 1. The number of likely N-dealkylation sites (tertiary alicyclic amines) is 1. The Kier molecular flexibility index (Phi) is 3.49. The van der Waals surface area contributed by atoms with Crippen LogP contribution >= 0.6 is 15.9 Å². The number of hydrogen-bond acceptors (Lipinski definition) is 3. The second-order valence-electron chi connectivity index (χ2n) is 5.27. The molecule has 110 valence electrons. The summed E-state index contributed by atoms with van der Waals surface area (Å²) in [4.78, 5) is 25.1. The van der Waals surface area contributed by atoms with Crippen molar-refractivity contribution in [3.63, 3.8) is 0 Å². The van der Waals surface area contributed by atoms with Crippen LogP contribution in [0.3, 0.4) is 0 Å². The highest BCUT2D eigenvalue weighted by molar-refractivity contribution is 9.10. The SMILES string of the molecule is Cc1c(C(=O)N2CC[C@@H](C(=O)O)C2)oc2ccc(Br)cc12. The Balaban J connectivity index is 1.92. The van der Waals surface area contributed by atoms with Crippen LogP contribution in [0.15, 0.2) is 27.1 Å². The molecule has 1 aromatic carbocycles. The molecule has 0 radical (unpaired) electrons. The number of halogens is 1. The number of hydrogen-bond donors (Lipinski definition) is 1. The highest BCUT2D eigenvalue weighted by Crippen LogP contribution is 2.30. The molecule has 0 unspecified atom stereocenters. The van der Waals surface area contributed by atoms with Crippen molar-refractivity contribution < 1.29 is 19.1 Å². The van der Waals surface area contributed by atoms with E-state index in [9.17, 15) is 9.59 Å². The number of carboxylic acid groups (broad SMARTS) is 1. The summed E-state index contributed by atoms with van der Waals surface area (Å²) in [5, 5.41) is 9.91. The summed E-state index contributed by atoms with van der Waals surface area (Å²) in [5.41, 5.74) is 1.45. The smallest absolute Gasteiger partial charge is 0.308 e. The maximum atomic E-state index is 12.5. The number of carbonyl (C=O) groups is 2. The van der Waals surface area contributed by atoms with Crippen LogP contribution in [0.5, 0.6) is 0 Å². The molecule has 21 heavy (non-hydrogen) atoms. The molecule has 1 amide bonds. The van der Waals surface area contributed by atoms with E-state index in [0.717, 1.165) is 15.4 Å². The van der Waals surface area contributed by atoms with E-state index in [-0.39, 0.29) is 12.5 Å². The summed E-state index contributed by atoms with van der Waals surface area (Å²) in [5.74, 6) is -1.26. The summed E-state index contributed by atoms with van der Waals surface area (Å²) in [6, 6.07) is 5.58. The number of rotatable bonds is 2. The lowest BCUT2D eigenvalue weighted by atomic mass is 10.1. The van der Waals surface area contributed by atoms with Gasteiger partial charge in [-0.15, -0.1) is 0 Å². The number of aliphatic carboxylic acids is 1. The van der Waals surface area contributed by atoms with Crippen molar-refractivity contribution >= 4 is 38.8 Å². The van der Waals surface area contributed by atoms with Crippen LogP contribution in [0.4, 0.5) is 0 Å². The van der Waals surface area contributed by atoms with E-state index in [1.54, 1.807) is 4.90 Å². The molecule has 0 saturated carbocycles. The van der Waals surface area contributed by atoms with E-state index in [1.165, 1.54) is 0 Å². The van der Waals surface area contributed by atoms with Gasteiger partial charge in [-0.1, -0.05) is 15.9 Å². The number of nitrogens with zero attached hydrogens (tertiary/aromatic N) is 1. The van der Waals surface area contributed by atoms with Crippen molar-refractivity contribution in [3.8, 4) is 0 Å². The van der Waals surface area contributed by atoms with Crippen molar-refractivity contribution in [2.24, 2.45) is 5.92 Å². The third-order valence-electron chi connectivity index (χ3n) is 3.92. The van der Waals surface area contributed by atoms with Crippen LogP contribution in [0, 0.1) is 12.8 Å². The molecule has 2 heterocycles. The van der Waals surface area contributed by atoms with E-state index in [1.807, 2.05) is 25.1 Å². The second-order valence-corrected chi connectivity index (χ2v) is 6.19. The average molecular weight is 352 g/mol. The number of benzene rings is 1. The Morgan fingerprint density at radius 1 is 1.43 bits per heavy atom. The lowest BCUT2D eigenvalue weighted by molar-refractivity contribution is -0.141. The number of furan rings is 1. The normalized spacial score (nSPS) is 18.4. The monoisotopic (exact) mass is 351 g/mol. The zero-order valence-electron chi connectivity index (χ0n) is 11.4. The lowest BCUT2D eigenvalue weighted by Crippen LogP contribution is -2.30. The standard InChI is InChI=1S/C15H14BrNO4/c1-8-11-6-10(16)2-3-12(11)21-13(8)14(18)17-5-4-9(7-17)15(19)20/h2-3,6,9H,4-5,7H2,1H3,(H,19,20)/t9-/m1/s1. The van der Waals surface area contributed by atoms with E-state index in [2.05, 4.69) is 15.9 Å². The molecule has 6 heteroatoms. The van der Waals surface area contributed by atoms with Gasteiger partial charge >= 0.3 is 5.97 Å². The van der Waals surface area contributed by atoms with Gasteiger partial charge in [-0.05, 0) is 31.5 Å². The average Bonchev–Trinajstić information content (AvgIpc) is 3.04. The second kappa shape index (κ2) is 5.18. The molecule has 1 saturated heterocycles. The Morgan fingerprint density at radius 3 is 2.86 bits per heavy atom. The summed E-state index contributed by atoms with van der Waals surface area (Å²) < 4.78 is 6.59. The van der Waals surface area contributed by atoms with Crippen molar-refractivity contribution in [1.29, 1.82) is 0 Å². The van der Waals surface area contributed by atoms with Crippen LogP contribution in [0.25, 0.3) is 11.0 Å². The Hall–Kier alpha value is -1.82. The van der Waals surface area contributed by atoms with E-state index >= 15 is 0 Å². The zero-order valence-corrected chi connectivity index (χ0v) is 13.0. The van der Waals surface area contributed by atoms with Crippen molar-refractivity contribution in [3.05, 3.63) is 34.0 Å². The maximum absolute atomic E-state index is 12.5. The topological polar surface area (TPSA) is 70.8 Å². The molecule has 1 N–H and O–H groups in total. The third-order valence-corrected chi connectivity index (χ3v) is 4.41. The summed E-state index contributed by atoms with van der Waals surface area (Å²) >= 11 is 3.40. The summed E-state index contributed by atoms with van der Waals surface area (Å²) in [7, 11) is 0. The quantitative estimate of drug-likeness (QED) is 0.902. The van der Waals surface area contributed by atoms with Crippen LogP contribution in [0.1, 0.15) is 22.5 Å². The molecule has 1 atom stereocenters. The van der Waals surface area contributed by atoms with Crippen molar-refractivity contribution in [2.45, 2.75) is 13.3 Å². The first-order valence-electron chi connectivity index (χ1n) is 6.68. The number of aryl methyl sites for hydroxylation is 1. The Morgan fingerprint density at radius 2 is 2.19 bits per heavy atom. The number of amides is 1. The molecular formula is C15H14BrNO4. The fraction of sp³-hybridized carbons (Fsp3) is 0.333. The molecule has 1 aliphatic rings. The van der Waals surface area contributed by atoms with Gasteiger partial charge in [0, 0.05) is 28.5 Å². The molecule has 1 aliphatic heterocycles. The molecule has 1 aromatic heterocycles. The Labute approximate surface area is 129 Å². The number of carbonyl (C=O) groups excluding carboxylic acids is 1. The first-order chi connectivity index (χ1) is 9.97. The van der Waals surface area contributed by atoms with Crippen LogP contribution in [-0.4, -0.2) is 35.0 Å². The van der Waals surface area contributed by atoms with Gasteiger partial charge in [-0.2, -0.15) is 0 Å². The minimum absolute atomic E-state index is 0.233. The molecular weight excluding hydrogens is 338 g/mol. The Bertz CT molecular complexity index is 737.